The third-order valence-electron chi connectivity index (χ3n) is 4.61. The van der Waals surface area contributed by atoms with Gasteiger partial charge in [0.1, 0.15) is 0 Å². The molecule has 0 N–H and O–H groups in total. The van der Waals surface area contributed by atoms with Crippen LogP contribution in [0.3, 0.4) is 0 Å². The fraction of sp³-hybridized carbons (Fsp3) is 0.722. The molecule has 0 saturated carbocycles. The van der Waals surface area contributed by atoms with Crippen LogP contribution in [0.25, 0.3) is 0 Å². The van der Waals surface area contributed by atoms with Gasteiger partial charge in [0.25, 0.3) is 0 Å². The highest BCUT2D eigenvalue weighted by Crippen LogP contribution is 2.43. The molecular formula is C18H29NO. The van der Waals surface area contributed by atoms with E-state index in [9.17, 15) is 0 Å². The van der Waals surface area contributed by atoms with Crippen molar-refractivity contribution < 1.29 is 4.74 Å². The molecule has 0 fully saturated rings. The zero-order chi connectivity index (χ0) is 15.0. The molecule has 0 bridgehead atoms. The Bertz CT molecular complexity index is 479. The second-order valence-electron chi connectivity index (χ2n) is 6.96. The van der Waals surface area contributed by atoms with Crippen LogP contribution in [0.2, 0.25) is 0 Å². The maximum Gasteiger partial charge on any atom is 0.0820 e. The normalized spacial score (nSPS) is 26.8. The highest BCUT2D eigenvalue weighted by atomic mass is 16.5. The van der Waals surface area contributed by atoms with Crippen LogP contribution in [0, 0.1) is 12.8 Å². The highest BCUT2D eigenvalue weighted by molar-refractivity contribution is 5.43. The minimum Gasteiger partial charge on any atom is -0.371 e. The lowest BCUT2D eigenvalue weighted by Gasteiger charge is -2.27. The molecule has 0 spiro atoms. The van der Waals surface area contributed by atoms with Gasteiger partial charge in [0.05, 0.1) is 12.2 Å². The average molecular weight is 275 g/mol. The third kappa shape index (κ3) is 2.76. The lowest BCUT2D eigenvalue weighted by molar-refractivity contribution is 0.00418. The number of hydrogen-bond acceptors (Lipinski definition) is 2. The van der Waals surface area contributed by atoms with Crippen molar-refractivity contribution in [2.75, 3.05) is 0 Å². The van der Waals surface area contributed by atoms with Gasteiger partial charge >= 0.3 is 0 Å². The molecule has 1 aliphatic rings. The van der Waals surface area contributed by atoms with Crippen molar-refractivity contribution in [1.82, 2.24) is 4.98 Å². The molecule has 1 aliphatic heterocycles. The Hall–Kier alpha value is -0.890. The molecule has 3 atom stereocenters. The lowest BCUT2D eigenvalue weighted by Crippen LogP contribution is -2.16. The Labute approximate surface area is 124 Å². The number of nitrogens with zero attached hydrogens (tertiary/aromatic N) is 1. The Morgan fingerprint density at radius 2 is 1.80 bits per heavy atom. The molecule has 0 radical (unpaired) electrons. The molecule has 0 saturated heterocycles. The molecule has 2 heteroatoms. The van der Waals surface area contributed by atoms with Crippen molar-refractivity contribution in [3.05, 3.63) is 28.6 Å². The molecule has 1 aromatic rings. The summed E-state index contributed by atoms with van der Waals surface area (Å²) in [7, 11) is 0. The van der Waals surface area contributed by atoms with Gasteiger partial charge in [-0.15, -0.1) is 0 Å². The molecule has 0 amide bonds. The quantitative estimate of drug-likeness (QED) is 0.747. The number of aryl methyl sites for hydroxylation is 1. The Kier molecular flexibility index (Phi) is 4.53. The molecule has 112 valence electrons. The summed E-state index contributed by atoms with van der Waals surface area (Å²) in [5.41, 5.74) is 5.42. The largest absolute Gasteiger partial charge is 0.371 e. The van der Waals surface area contributed by atoms with Gasteiger partial charge in [-0.25, -0.2) is 0 Å². The maximum atomic E-state index is 6.19. The number of ether oxygens (including phenoxy) is 1. The third-order valence-corrected chi connectivity index (χ3v) is 4.61. The standard InChI is InChI=1S/C18H29NO/c1-10(2)15-8-12(5)20-14(7)17-13(6)19-9-16(11(3)4)18(15)17/h9-12,14-15H,8H2,1-7H3/t12-,14+,15?/m0/s1. The summed E-state index contributed by atoms with van der Waals surface area (Å²) in [5.74, 6) is 1.71. The van der Waals surface area contributed by atoms with Crippen LogP contribution in [0.15, 0.2) is 6.20 Å². The average Bonchev–Trinajstić information content (AvgIpc) is 2.46. The first-order valence-corrected chi connectivity index (χ1v) is 7.97. The SMILES string of the molecule is Cc1ncc(C(C)C)c2c1[C@@H](C)O[C@@H](C)CC2C(C)C. The van der Waals surface area contributed by atoms with Crippen LogP contribution in [0.1, 0.15) is 88.3 Å². The Morgan fingerprint density at radius 1 is 1.15 bits per heavy atom. The first-order valence-electron chi connectivity index (χ1n) is 7.97. The van der Waals surface area contributed by atoms with E-state index in [2.05, 4.69) is 59.6 Å². The van der Waals surface area contributed by atoms with E-state index >= 15 is 0 Å². The molecule has 2 nitrogen and oxygen atoms in total. The number of rotatable bonds is 2. The minimum absolute atomic E-state index is 0.148. The summed E-state index contributed by atoms with van der Waals surface area (Å²) >= 11 is 0. The van der Waals surface area contributed by atoms with E-state index in [4.69, 9.17) is 4.74 Å². The van der Waals surface area contributed by atoms with E-state index in [1.807, 2.05) is 0 Å². The van der Waals surface area contributed by atoms with Crippen LogP contribution < -0.4 is 0 Å². The van der Waals surface area contributed by atoms with Gasteiger partial charge in [-0.1, -0.05) is 27.7 Å². The number of pyridine rings is 1. The van der Waals surface area contributed by atoms with Crippen molar-refractivity contribution in [3.8, 4) is 0 Å². The first-order chi connectivity index (χ1) is 9.32. The van der Waals surface area contributed by atoms with Gasteiger partial charge in [-0.2, -0.15) is 0 Å². The molecule has 0 aromatic carbocycles. The summed E-state index contributed by atoms with van der Waals surface area (Å²) in [5, 5.41) is 0. The van der Waals surface area contributed by atoms with Crippen LogP contribution in [0.4, 0.5) is 0 Å². The maximum absolute atomic E-state index is 6.19. The molecule has 0 aliphatic carbocycles. The summed E-state index contributed by atoms with van der Waals surface area (Å²) in [6.07, 6.45) is 3.66. The van der Waals surface area contributed by atoms with Crippen LogP contribution in [-0.2, 0) is 4.74 Å². The van der Waals surface area contributed by atoms with Gasteiger partial charge in [0.15, 0.2) is 0 Å². The summed E-state index contributed by atoms with van der Waals surface area (Å²) in [6.45, 7) is 15.7. The van der Waals surface area contributed by atoms with E-state index in [1.54, 1.807) is 0 Å². The van der Waals surface area contributed by atoms with E-state index in [1.165, 1.54) is 16.7 Å². The van der Waals surface area contributed by atoms with Crippen molar-refractivity contribution in [1.29, 1.82) is 0 Å². The first kappa shape index (κ1) is 15.5. The minimum atomic E-state index is 0.148. The van der Waals surface area contributed by atoms with Gasteiger partial charge in [-0.3, -0.25) is 4.98 Å². The Balaban J connectivity index is 2.69. The monoisotopic (exact) mass is 275 g/mol. The van der Waals surface area contributed by atoms with E-state index < -0.39 is 0 Å². The second-order valence-corrected chi connectivity index (χ2v) is 6.96. The van der Waals surface area contributed by atoms with Crippen molar-refractivity contribution in [2.24, 2.45) is 5.92 Å². The van der Waals surface area contributed by atoms with Crippen molar-refractivity contribution >= 4 is 0 Å². The predicted molar refractivity (Wildman–Crippen MR) is 84.2 cm³/mol. The summed E-state index contributed by atoms with van der Waals surface area (Å²) < 4.78 is 6.19. The Morgan fingerprint density at radius 3 is 2.35 bits per heavy atom. The fourth-order valence-corrected chi connectivity index (χ4v) is 3.60. The summed E-state index contributed by atoms with van der Waals surface area (Å²) in [6, 6.07) is 0. The van der Waals surface area contributed by atoms with Crippen LogP contribution in [0.5, 0.6) is 0 Å². The number of aromatic nitrogens is 1. The van der Waals surface area contributed by atoms with E-state index in [0.717, 1.165) is 12.1 Å². The van der Waals surface area contributed by atoms with Gasteiger partial charge in [0, 0.05) is 17.5 Å². The molecule has 1 aromatic heterocycles. The number of hydrogen-bond donors (Lipinski definition) is 0. The van der Waals surface area contributed by atoms with Gasteiger partial charge in [0.2, 0.25) is 0 Å². The van der Waals surface area contributed by atoms with Gasteiger partial charge < -0.3 is 4.74 Å². The highest BCUT2D eigenvalue weighted by Gasteiger charge is 2.32. The van der Waals surface area contributed by atoms with E-state index in [-0.39, 0.29) is 6.10 Å². The lowest BCUT2D eigenvalue weighted by atomic mass is 9.77. The van der Waals surface area contributed by atoms with Crippen LogP contribution >= 0.6 is 0 Å². The van der Waals surface area contributed by atoms with Crippen molar-refractivity contribution in [3.63, 3.8) is 0 Å². The topological polar surface area (TPSA) is 22.1 Å². The molecule has 2 heterocycles. The second kappa shape index (κ2) is 5.85. The zero-order valence-electron chi connectivity index (χ0n) is 14.0. The van der Waals surface area contributed by atoms with Crippen LogP contribution in [-0.4, -0.2) is 11.1 Å². The van der Waals surface area contributed by atoms with Crippen molar-refractivity contribution in [2.45, 2.75) is 78.9 Å². The smallest absolute Gasteiger partial charge is 0.0820 e. The molecule has 2 rings (SSSR count). The summed E-state index contributed by atoms with van der Waals surface area (Å²) in [4.78, 5) is 4.64. The molecule has 1 unspecified atom stereocenters. The van der Waals surface area contributed by atoms with E-state index in [0.29, 0.717) is 23.9 Å². The predicted octanol–water partition coefficient (Wildman–Crippen LogP) is 5.12. The fourth-order valence-electron chi connectivity index (χ4n) is 3.60. The molecule has 20 heavy (non-hydrogen) atoms. The number of fused-ring (bicyclic) bond motifs is 1. The van der Waals surface area contributed by atoms with Gasteiger partial charge in [-0.05, 0) is 56.1 Å². The zero-order valence-corrected chi connectivity index (χ0v) is 14.0. The molecular weight excluding hydrogens is 246 g/mol.